The summed E-state index contributed by atoms with van der Waals surface area (Å²) in [6.07, 6.45) is 1.49. The summed E-state index contributed by atoms with van der Waals surface area (Å²) in [5.41, 5.74) is 1.55. The third-order valence-corrected chi connectivity index (χ3v) is 6.84. The van der Waals surface area contributed by atoms with E-state index < -0.39 is 15.8 Å². The van der Waals surface area contributed by atoms with Crippen molar-refractivity contribution in [3.05, 3.63) is 60.7 Å². The van der Waals surface area contributed by atoms with Gasteiger partial charge in [0.25, 0.3) is 0 Å². The number of nitrogens with zero attached hydrogens (tertiary/aromatic N) is 6. The van der Waals surface area contributed by atoms with Gasteiger partial charge in [0.05, 0.1) is 17.1 Å². The van der Waals surface area contributed by atoms with E-state index in [1.165, 1.54) is 33.5 Å². The maximum absolute atomic E-state index is 13.4. The zero-order valence-electron chi connectivity index (χ0n) is 16.4. The number of anilines is 1. The van der Waals surface area contributed by atoms with E-state index >= 15 is 0 Å². The van der Waals surface area contributed by atoms with Gasteiger partial charge in [-0.2, -0.15) is 4.31 Å². The zero-order valence-corrected chi connectivity index (χ0v) is 17.2. The van der Waals surface area contributed by atoms with Gasteiger partial charge in [-0.3, -0.25) is 4.79 Å². The SMILES string of the molecule is O=C(CNc1ccc(-n2cnnn2)cc1)N1CCN(S(=O)(=O)c2cccc(F)c2)CC1. The molecule has 0 bridgehead atoms. The van der Waals surface area contributed by atoms with Crippen molar-refractivity contribution in [2.24, 2.45) is 0 Å². The molecule has 0 radical (unpaired) electrons. The Morgan fingerprint density at radius 3 is 2.45 bits per heavy atom. The van der Waals surface area contributed by atoms with Crippen molar-refractivity contribution in [1.29, 1.82) is 0 Å². The Kier molecular flexibility index (Phi) is 5.91. The minimum atomic E-state index is -3.79. The molecule has 162 valence electrons. The summed E-state index contributed by atoms with van der Waals surface area (Å²) in [6, 6.07) is 12.2. The first-order valence-electron chi connectivity index (χ1n) is 9.54. The molecule has 0 atom stereocenters. The Balaban J connectivity index is 1.29. The van der Waals surface area contributed by atoms with Crippen LogP contribution in [0.4, 0.5) is 10.1 Å². The summed E-state index contributed by atoms with van der Waals surface area (Å²) in [6.45, 7) is 0.942. The quantitative estimate of drug-likeness (QED) is 0.596. The van der Waals surface area contributed by atoms with Gasteiger partial charge in [-0.15, -0.1) is 5.10 Å². The molecule has 10 nitrogen and oxygen atoms in total. The van der Waals surface area contributed by atoms with E-state index in [2.05, 4.69) is 20.8 Å². The number of sulfonamides is 1. The smallest absolute Gasteiger partial charge is 0.243 e. The van der Waals surface area contributed by atoms with Crippen LogP contribution in [0.3, 0.4) is 0 Å². The van der Waals surface area contributed by atoms with Crippen LogP contribution in [0.25, 0.3) is 5.69 Å². The van der Waals surface area contributed by atoms with Crippen LogP contribution in [0.5, 0.6) is 0 Å². The monoisotopic (exact) mass is 445 g/mol. The Hall–Kier alpha value is -3.38. The Morgan fingerprint density at radius 2 is 1.81 bits per heavy atom. The third-order valence-electron chi connectivity index (χ3n) is 4.95. The number of hydrogen-bond acceptors (Lipinski definition) is 7. The predicted molar refractivity (Wildman–Crippen MR) is 109 cm³/mol. The molecule has 0 saturated carbocycles. The van der Waals surface area contributed by atoms with Crippen molar-refractivity contribution in [2.75, 3.05) is 38.0 Å². The number of hydrogen-bond donors (Lipinski definition) is 1. The first kappa shape index (κ1) is 20.9. The molecule has 1 aromatic heterocycles. The number of halogens is 1. The van der Waals surface area contributed by atoms with E-state index in [0.29, 0.717) is 0 Å². The van der Waals surface area contributed by atoms with Gasteiger partial charge in [0.2, 0.25) is 15.9 Å². The summed E-state index contributed by atoms with van der Waals surface area (Å²) < 4.78 is 41.5. The lowest BCUT2D eigenvalue weighted by Gasteiger charge is -2.34. The third kappa shape index (κ3) is 4.70. The number of carbonyl (C=O) groups is 1. The van der Waals surface area contributed by atoms with Crippen LogP contribution in [0.1, 0.15) is 0 Å². The van der Waals surface area contributed by atoms with Crippen molar-refractivity contribution < 1.29 is 17.6 Å². The molecule has 2 aromatic carbocycles. The molecule has 1 amide bonds. The first-order valence-corrected chi connectivity index (χ1v) is 11.0. The Labute approximate surface area is 178 Å². The summed E-state index contributed by atoms with van der Waals surface area (Å²) in [4.78, 5) is 14.0. The van der Waals surface area contributed by atoms with E-state index in [4.69, 9.17) is 0 Å². The van der Waals surface area contributed by atoms with Crippen molar-refractivity contribution in [3.63, 3.8) is 0 Å². The van der Waals surface area contributed by atoms with E-state index in [1.54, 1.807) is 4.90 Å². The van der Waals surface area contributed by atoms with Crippen molar-refractivity contribution in [3.8, 4) is 5.69 Å². The normalized spacial score (nSPS) is 15.1. The van der Waals surface area contributed by atoms with Gasteiger partial charge in [0, 0.05) is 31.9 Å². The van der Waals surface area contributed by atoms with Gasteiger partial charge in [0.15, 0.2) is 0 Å². The molecule has 1 fully saturated rings. The van der Waals surface area contributed by atoms with E-state index in [0.717, 1.165) is 17.4 Å². The summed E-state index contributed by atoms with van der Waals surface area (Å²) >= 11 is 0. The van der Waals surface area contributed by atoms with Crippen molar-refractivity contribution in [2.45, 2.75) is 4.90 Å². The Bertz CT molecular complexity index is 1150. The number of aromatic nitrogens is 4. The molecule has 0 aliphatic carbocycles. The highest BCUT2D eigenvalue weighted by molar-refractivity contribution is 7.89. The van der Waals surface area contributed by atoms with Crippen LogP contribution in [-0.4, -0.2) is 76.5 Å². The highest BCUT2D eigenvalue weighted by Crippen LogP contribution is 2.19. The largest absolute Gasteiger partial charge is 0.376 e. The van der Waals surface area contributed by atoms with Crippen LogP contribution in [0.15, 0.2) is 59.8 Å². The fourth-order valence-corrected chi connectivity index (χ4v) is 4.71. The molecule has 1 aliphatic rings. The van der Waals surface area contributed by atoms with Gasteiger partial charge < -0.3 is 10.2 Å². The molecule has 1 N–H and O–H groups in total. The lowest BCUT2D eigenvalue weighted by Crippen LogP contribution is -2.51. The summed E-state index contributed by atoms with van der Waals surface area (Å²) in [5.74, 6) is -0.737. The summed E-state index contributed by atoms with van der Waals surface area (Å²) in [7, 11) is -3.79. The molecule has 1 aliphatic heterocycles. The van der Waals surface area contributed by atoms with Crippen LogP contribution in [-0.2, 0) is 14.8 Å². The van der Waals surface area contributed by atoms with Crippen molar-refractivity contribution >= 4 is 21.6 Å². The average Bonchev–Trinajstić information content (AvgIpc) is 3.33. The highest BCUT2D eigenvalue weighted by Gasteiger charge is 2.30. The molecule has 12 heteroatoms. The minimum Gasteiger partial charge on any atom is -0.376 e. The molecule has 0 spiro atoms. The number of rotatable bonds is 6. The lowest BCUT2D eigenvalue weighted by molar-refractivity contribution is -0.130. The van der Waals surface area contributed by atoms with Gasteiger partial charge in [0.1, 0.15) is 12.1 Å². The number of carbonyl (C=O) groups excluding carboxylic acids is 1. The van der Waals surface area contributed by atoms with Gasteiger partial charge in [-0.1, -0.05) is 6.07 Å². The zero-order chi connectivity index (χ0) is 21.8. The van der Waals surface area contributed by atoms with E-state index in [9.17, 15) is 17.6 Å². The summed E-state index contributed by atoms with van der Waals surface area (Å²) in [5, 5.41) is 14.0. The number of piperazine rings is 1. The van der Waals surface area contributed by atoms with Crippen LogP contribution in [0, 0.1) is 5.82 Å². The minimum absolute atomic E-state index is 0.0842. The molecule has 4 rings (SSSR count). The fraction of sp³-hybridized carbons (Fsp3) is 0.263. The molecule has 2 heterocycles. The maximum Gasteiger partial charge on any atom is 0.243 e. The molecule has 3 aromatic rings. The second kappa shape index (κ2) is 8.78. The lowest BCUT2D eigenvalue weighted by atomic mass is 10.2. The number of nitrogens with one attached hydrogen (secondary N) is 1. The Morgan fingerprint density at radius 1 is 1.06 bits per heavy atom. The maximum atomic E-state index is 13.4. The second-order valence-electron chi connectivity index (χ2n) is 6.90. The second-order valence-corrected chi connectivity index (χ2v) is 8.84. The number of benzene rings is 2. The topological polar surface area (TPSA) is 113 Å². The molecular formula is C19H20FN7O3S. The molecule has 0 unspecified atom stereocenters. The van der Waals surface area contributed by atoms with Crippen LogP contribution >= 0.6 is 0 Å². The molecule has 1 saturated heterocycles. The first-order chi connectivity index (χ1) is 14.9. The fourth-order valence-electron chi connectivity index (χ4n) is 3.26. The average molecular weight is 445 g/mol. The van der Waals surface area contributed by atoms with Crippen LogP contribution < -0.4 is 5.32 Å². The standard InChI is InChI=1S/C19H20FN7O3S/c20-15-2-1-3-18(12-15)31(29,30)26-10-8-25(9-11-26)19(28)13-21-16-4-6-17(7-5-16)27-14-22-23-24-27/h1-7,12,14,21H,8-11,13H2. The highest BCUT2D eigenvalue weighted by atomic mass is 32.2. The van der Waals surface area contributed by atoms with E-state index in [-0.39, 0.29) is 43.5 Å². The molecule has 31 heavy (non-hydrogen) atoms. The van der Waals surface area contributed by atoms with E-state index in [1.807, 2.05) is 24.3 Å². The van der Waals surface area contributed by atoms with Crippen LogP contribution in [0.2, 0.25) is 0 Å². The van der Waals surface area contributed by atoms with Crippen molar-refractivity contribution in [1.82, 2.24) is 29.4 Å². The van der Waals surface area contributed by atoms with Gasteiger partial charge >= 0.3 is 0 Å². The number of tetrazole rings is 1. The van der Waals surface area contributed by atoms with Gasteiger partial charge in [-0.05, 0) is 52.9 Å². The molecular weight excluding hydrogens is 425 g/mol. The predicted octanol–water partition coefficient (Wildman–Crippen LogP) is 0.746. The van der Waals surface area contributed by atoms with Gasteiger partial charge in [-0.25, -0.2) is 17.5 Å². The number of amides is 1.